The van der Waals surface area contributed by atoms with Crippen LogP contribution in [0.25, 0.3) is 0 Å². The molecule has 72 valence electrons. The highest BCUT2D eigenvalue weighted by Crippen LogP contribution is 2.26. The first-order valence-corrected chi connectivity index (χ1v) is 5.15. The Morgan fingerprint density at radius 1 is 1.54 bits per heavy atom. The van der Waals surface area contributed by atoms with E-state index in [2.05, 4.69) is 15.9 Å². The van der Waals surface area contributed by atoms with Crippen LogP contribution in [0.1, 0.15) is 18.1 Å². The zero-order chi connectivity index (χ0) is 9.84. The van der Waals surface area contributed by atoms with Gasteiger partial charge in [0, 0.05) is 4.47 Å². The number of aliphatic hydroxyl groups excluding tert-OH is 1. The van der Waals surface area contributed by atoms with Gasteiger partial charge in [-0.1, -0.05) is 17.7 Å². The van der Waals surface area contributed by atoms with Crippen molar-refractivity contribution in [2.75, 3.05) is 6.54 Å². The Bertz CT molecular complexity index is 293. The molecule has 1 aromatic carbocycles. The average molecular weight is 265 g/mol. The molecule has 0 bridgehead atoms. The average Bonchev–Trinajstić information content (AvgIpc) is 2.10. The maximum Gasteiger partial charge on any atom is 0.0802 e. The molecule has 0 amide bonds. The van der Waals surface area contributed by atoms with E-state index in [4.69, 9.17) is 17.3 Å². The molecule has 0 radical (unpaired) electrons. The van der Waals surface area contributed by atoms with Crippen molar-refractivity contribution in [3.63, 3.8) is 0 Å². The van der Waals surface area contributed by atoms with Gasteiger partial charge in [-0.05, 0) is 46.6 Å². The van der Waals surface area contributed by atoms with Crippen molar-refractivity contribution in [2.45, 2.75) is 12.5 Å². The fraction of sp³-hybridized carbons (Fsp3) is 0.333. The van der Waals surface area contributed by atoms with Crippen molar-refractivity contribution in [3.8, 4) is 0 Å². The normalized spacial score (nSPS) is 12.9. The first-order valence-electron chi connectivity index (χ1n) is 3.98. The quantitative estimate of drug-likeness (QED) is 0.881. The minimum atomic E-state index is -0.501. The second kappa shape index (κ2) is 4.96. The number of hydrogen-bond donors (Lipinski definition) is 2. The largest absolute Gasteiger partial charge is 0.388 e. The van der Waals surface area contributed by atoms with E-state index in [1.807, 2.05) is 6.07 Å². The van der Waals surface area contributed by atoms with Crippen LogP contribution in [0.3, 0.4) is 0 Å². The van der Waals surface area contributed by atoms with E-state index in [1.165, 1.54) is 0 Å². The Morgan fingerprint density at radius 3 is 2.77 bits per heavy atom. The summed E-state index contributed by atoms with van der Waals surface area (Å²) in [6.07, 6.45) is 0.0622. The van der Waals surface area contributed by atoms with E-state index < -0.39 is 6.10 Å². The third-order valence-electron chi connectivity index (χ3n) is 1.77. The molecule has 4 heteroatoms. The van der Waals surface area contributed by atoms with Gasteiger partial charge in [0.05, 0.1) is 11.1 Å². The second-order valence-corrected chi connectivity index (χ2v) is 4.03. The van der Waals surface area contributed by atoms with Gasteiger partial charge in [-0.25, -0.2) is 0 Å². The van der Waals surface area contributed by atoms with Gasteiger partial charge in [0.2, 0.25) is 0 Å². The zero-order valence-electron chi connectivity index (χ0n) is 7.00. The van der Waals surface area contributed by atoms with Gasteiger partial charge in [0.15, 0.2) is 0 Å². The van der Waals surface area contributed by atoms with Gasteiger partial charge in [0.1, 0.15) is 0 Å². The lowest BCUT2D eigenvalue weighted by atomic mass is 10.1. The van der Waals surface area contributed by atoms with Crippen molar-refractivity contribution in [1.82, 2.24) is 0 Å². The minimum absolute atomic E-state index is 0.474. The molecule has 13 heavy (non-hydrogen) atoms. The smallest absolute Gasteiger partial charge is 0.0802 e. The van der Waals surface area contributed by atoms with Crippen LogP contribution in [0.4, 0.5) is 0 Å². The molecular weight excluding hydrogens is 253 g/mol. The van der Waals surface area contributed by atoms with E-state index in [9.17, 15) is 5.11 Å². The summed E-state index contributed by atoms with van der Waals surface area (Å²) in [4.78, 5) is 0. The lowest BCUT2D eigenvalue weighted by Crippen LogP contribution is -2.06. The summed E-state index contributed by atoms with van der Waals surface area (Å²) < 4.78 is 0.794. The summed E-state index contributed by atoms with van der Waals surface area (Å²) >= 11 is 9.10. The highest BCUT2D eigenvalue weighted by Gasteiger charge is 2.07. The van der Waals surface area contributed by atoms with Crippen molar-refractivity contribution in [1.29, 1.82) is 0 Å². The van der Waals surface area contributed by atoms with Crippen LogP contribution < -0.4 is 5.73 Å². The van der Waals surface area contributed by atoms with Gasteiger partial charge in [-0.15, -0.1) is 0 Å². The zero-order valence-corrected chi connectivity index (χ0v) is 9.35. The molecule has 0 fully saturated rings. The number of benzene rings is 1. The molecule has 0 spiro atoms. The lowest BCUT2D eigenvalue weighted by Gasteiger charge is -2.10. The topological polar surface area (TPSA) is 46.2 Å². The predicted octanol–water partition coefficient (Wildman–Crippen LogP) is 2.48. The number of hydrogen-bond acceptors (Lipinski definition) is 2. The summed E-state index contributed by atoms with van der Waals surface area (Å²) in [6.45, 7) is 0.474. The summed E-state index contributed by atoms with van der Waals surface area (Å²) in [5, 5.41) is 10.2. The Labute approximate surface area is 90.8 Å². The van der Waals surface area contributed by atoms with Crippen LogP contribution in [0, 0.1) is 0 Å². The van der Waals surface area contributed by atoms with Crippen molar-refractivity contribution < 1.29 is 5.11 Å². The van der Waals surface area contributed by atoms with Crippen LogP contribution in [0.2, 0.25) is 5.02 Å². The minimum Gasteiger partial charge on any atom is -0.388 e. The molecule has 0 heterocycles. The second-order valence-electron chi connectivity index (χ2n) is 2.77. The highest BCUT2D eigenvalue weighted by molar-refractivity contribution is 9.10. The van der Waals surface area contributed by atoms with E-state index in [0.29, 0.717) is 18.0 Å². The molecule has 0 unspecified atom stereocenters. The Balaban J connectivity index is 2.84. The maximum absolute atomic E-state index is 9.59. The van der Waals surface area contributed by atoms with Gasteiger partial charge >= 0.3 is 0 Å². The van der Waals surface area contributed by atoms with Crippen molar-refractivity contribution in [2.24, 2.45) is 5.73 Å². The van der Waals surface area contributed by atoms with Crippen LogP contribution in [-0.4, -0.2) is 11.7 Å². The molecule has 1 rings (SSSR count). The molecule has 3 N–H and O–H groups in total. The van der Waals surface area contributed by atoms with Gasteiger partial charge in [-0.3, -0.25) is 0 Å². The third-order valence-corrected chi connectivity index (χ3v) is 2.98. The van der Waals surface area contributed by atoms with E-state index in [1.54, 1.807) is 12.1 Å². The molecule has 0 aliphatic heterocycles. The molecule has 0 aliphatic rings. The monoisotopic (exact) mass is 263 g/mol. The molecule has 0 aromatic heterocycles. The SMILES string of the molecule is NCC[C@H](O)c1ccc(Cl)c(Br)c1. The van der Waals surface area contributed by atoms with Crippen molar-refractivity contribution >= 4 is 27.5 Å². The number of aliphatic hydroxyl groups is 1. The van der Waals surface area contributed by atoms with E-state index in [0.717, 1.165) is 10.0 Å². The molecule has 2 nitrogen and oxygen atoms in total. The fourth-order valence-electron chi connectivity index (χ4n) is 1.04. The summed E-state index contributed by atoms with van der Waals surface area (Å²) in [6, 6.07) is 5.36. The van der Waals surface area contributed by atoms with Crippen molar-refractivity contribution in [3.05, 3.63) is 33.3 Å². The lowest BCUT2D eigenvalue weighted by molar-refractivity contribution is 0.170. The molecule has 1 atom stereocenters. The van der Waals surface area contributed by atoms with Gasteiger partial charge < -0.3 is 10.8 Å². The fourth-order valence-corrected chi connectivity index (χ4v) is 1.56. The summed E-state index contributed by atoms with van der Waals surface area (Å²) in [7, 11) is 0. The van der Waals surface area contributed by atoms with Crippen LogP contribution in [0.5, 0.6) is 0 Å². The Kier molecular flexibility index (Phi) is 4.19. The van der Waals surface area contributed by atoms with Gasteiger partial charge in [-0.2, -0.15) is 0 Å². The molecule has 0 saturated carbocycles. The highest BCUT2D eigenvalue weighted by atomic mass is 79.9. The van der Waals surface area contributed by atoms with E-state index in [-0.39, 0.29) is 0 Å². The molecule has 1 aromatic rings. The van der Waals surface area contributed by atoms with Crippen LogP contribution in [-0.2, 0) is 0 Å². The van der Waals surface area contributed by atoms with Crippen LogP contribution >= 0.6 is 27.5 Å². The number of halogens is 2. The van der Waals surface area contributed by atoms with Gasteiger partial charge in [0.25, 0.3) is 0 Å². The Morgan fingerprint density at radius 2 is 2.23 bits per heavy atom. The standard InChI is InChI=1S/C9H11BrClNO/c10-7-5-6(1-2-8(7)11)9(13)3-4-12/h1-2,5,9,13H,3-4,12H2/t9-/m0/s1. The number of rotatable bonds is 3. The molecule has 0 saturated heterocycles. The molecule has 0 aliphatic carbocycles. The van der Waals surface area contributed by atoms with Crippen LogP contribution in [0.15, 0.2) is 22.7 Å². The predicted molar refractivity (Wildman–Crippen MR) is 57.8 cm³/mol. The Hall–Kier alpha value is -0.0900. The first kappa shape index (κ1) is 11.0. The van der Waals surface area contributed by atoms with E-state index >= 15 is 0 Å². The summed E-state index contributed by atoms with van der Waals surface area (Å²) in [5.74, 6) is 0. The first-order chi connectivity index (χ1) is 6.15. The molecular formula is C9H11BrClNO. The maximum atomic E-state index is 9.59. The third kappa shape index (κ3) is 2.95. The summed E-state index contributed by atoms with van der Waals surface area (Å²) in [5.41, 5.74) is 6.17. The number of nitrogens with two attached hydrogens (primary N) is 1.